The molecule has 5 nitrogen and oxygen atoms in total. The van der Waals surface area contributed by atoms with E-state index >= 15 is 0 Å². The van der Waals surface area contributed by atoms with Crippen LogP contribution < -0.4 is 15.4 Å². The van der Waals surface area contributed by atoms with Gasteiger partial charge < -0.3 is 15.4 Å². The molecule has 2 rings (SSSR count). The van der Waals surface area contributed by atoms with E-state index in [1.165, 1.54) is 5.56 Å². The minimum Gasteiger partial charge on any atom is -0.481 e. The Kier molecular flexibility index (Phi) is 6.91. The van der Waals surface area contributed by atoms with Gasteiger partial charge in [-0.15, -0.1) is 0 Å². The van der Waals surface area contributed by atoms with Crippen LogP contribution in [0.4, 0.5) is 0 Å². The number of aromatic nitrogens is 1. The van der Waals surface area contributed by atoms with Crippen molar-refractivity contribution in [3.05, 3.63) is 59.8 Å². The van der Waals surface area contributed by atoms with E-state index in [0.29, 0.717) is 12.4 Å². The van der Waals surface area contributed by atoms with Crippen LogP contribution in [0.3, 0.4) is 0 Å². The van der Waals surface area contributed by atoms with Crippen LogP contribution in [0.5, 0.6) is 5.88 Å². The number of nitrogens with zero attached hydrogens (tertiary/aromatic N) is 2. The summed E-state index contributed by atoms with van der Waals surface area (Å²) in [6.07, 6.45) is 3.93. The van der Waals surface area contributed by atoms with Gasteiger partial charge in [-0.3, -0.25) is 4.99 Å². The zero-order chi connectivity index (χ0) is 16.3. The first-order valence-electron chi connectivity index (χ1n) is 7.79. The monoisotopic (exact) mass is 312 g/mol. The molecule has 2 aromatic rings. The molecule has 0 saturated heterocycles. The summed E-state index contributed by atoms with van der Waals surface area (Å²) in [5, 5.41) is 6.61. The first-order chi connectivity index (χ1) is 11.3. The fourth-order valence-corrected chi connectivity index (χ4v) is 2.19. The predicted molar refractivity (Wildman–Crippen MR) is 93.8 cm³/mol. The smallest absolute Gasteiger partial charge is 0.212 e. The Hall–Kier alpha value is -2.56. The van der Waals surface area contributed by atoms with E-state index in [9.17, 15) is 0 Å². The van der Waals surface area contributed by atoms with Crippen LogP contribution in [0.15, 0.2) is 53.7 Å². The second kappa shape index (κ2) is 9.46. The van der Waals surface area contributed by atoms with Crippen LogP contribution in [-0.2, 0) is 13.0 Å². The highest BCUT2D eigenvalue weighted by atomic mass is 16.5. The molecule has 0 fully saturated rings. The van der Waals surface area contributed by atoms with Crippen molar-refractivity contribution >= 4 is 5.96 Å². The Labute approximate surface area is 137 Å². The maximum absolute atomic E-state index is 5.05. The van der Waals surface area contributed by atoms with Crippen molar-refractivity contribution < 1.29 is 4.74 Å². The van der Waals surface area contributed by atoms with Gasteiger partial charge in [-0.05, 0) is 24.0 Å². The Morgan fingerprint density at radius 2 is 1.91 bits per heavy atom. The molecule has 0 radical (unpaired) electrons. The number of pyridine rings is 1. The van der Waals surface area contributed by atoms with Crippen molar-refractivity contribution in [2.75, 3.05) is 20.7 Å². The zero-order valence-corrected chi connectivity index (χ0v) is 13.7. The molecule has 0 amide bonds. The Balaban J connectivity index is 1.68. The van der Waals surface area contributed by atoms with E-state index in [1.807, 2.05) is 18.2 Å². The average molecular weight is 312 g/mol. The predicted octanol–water partition coefficient (Wildman–Crippen LogP) is 2.39. The summed E-state index contributed by atoms with van der Waals surface area (Å²) in [5.74, 6) is 1.42. The molecule has 0 unspecified atom stereocenters. The van der Waals surface area contributed by atoms with E-state index in [-0.39, 0.29) is 0 Å². The van der Waals surface area contributed by atoms with Gasteiger partial charge in [-0.25, -0.2) is 4.98 Å². The largest absolute Gasteiger partial charge is 0.481 e. The van der Waals surface area contributed by atoms with Crippen LogP contribution in [0.1, 0.15) is 17.5 Å². The van der Waals surface area contributed by atoms with E-state index in [2.05, 4.69) is 44.9 Å². The van der Waals surface area contributed by atoms with Crippen molar-refractivity contribution in [1.29, 1.82) is 0 Å². The van der Waals surface area contributed by atoms with E-state index in [0.717, 1.165) is 30.9 Å². The Morgan fingerprint density at radius 3 is 2.57 bits per heavy atom. The lowest BCUT2D eigenvalue weighted by Gasteiger charge is -2.12. The fourth-order valence-electron chi connectivity index (χ4n) is 2.19. The van der Waals surface area contributed by atoms with Gasteiger partial charge in [0.2, 0.25) is 5.88 Å². The van der Waals surface area contributed by atoms with Crippen molar-refractivity contribution in [2.24, 2.45) is 4.99 Å². The third-order valence-electron chi connectivity index (χ3n) is 3.47. The molecule has 0 spiro atoms. The standard InChI is InChI=1S/C18H24N4O/c1-19-18(20-12-6-9-15-7-4-3-5-8-15)22-14-16-10-11-17(23-2)21-13-16/h3-5,7-8,10-11,13H,6,9,12,14H2,1-2H3,(H2,19,20,22). The van der Waals surface area contributed by atoms with Crippen molar-refractivity contribution in [2.45, 2.75) is 19.4 Å². The molecule has 0 bridgehead atoms. The number of aryl methyl sites for hydroxylation is 1. The molecule has 122 valence electrons. The topological polar surface area (TPSA) is 58.5 Å². The number of benzene rings is 1. The molecule has 0 saturated carbocycles. The molecule has 5 heteroatoms. The lowest BCUT2D eigenvalue weighted by Crippen LogP contribution is -2.37. The van der Waals surface area contributed by atoms with Crippen LogP contribution in [0.25, 0.3) is 0 Å². The molecule has 2 N–H and O–H groups in total. The lowest BCUT2D eigenvalue weighted by molar-refractivity contribution is 0.397. The lowest BCUT2D eigenvalue weighted by atomic mass is 10.1. The SMILES string of the molecule is CN=C(NCCCc1ccccc1)NCc1ccc(OC)nc1. The van der Waals surface area contributed by atoms with E-state index in [4.69, 9.17) is 4.74 Å². The number of ether oxygens (including phenoxy) is 1. The minimum absolute atomic E-state index is 0.622. The highest BCUT2D eigenvalue weighted by molar-refractivity contribution is 5.79. The molecule has 1 aromatic carbocycles. The van der Waals surface area contributed by atoms with Crippen molar-refractivity contribution in [1.82, 2.24) is 15.6 Å². The molecular formula is C18H24N4O. The average Bonchev–Trinajstić information content (AvgIpc) is 2.62. The van der Waals surface area contributed by atoms with Crippen LogP contribution in [-0.4, -0.2) is 31.6 Å². The maximum atomic E-state index is 5.05. The number of nitrogens with one attached hydrogen (secondary N) is 2. The zero-order valence-electron chi connectivity index (χ0n) is 13.7. The fraction of sp³-hybridized carbons (Fsp3) is 0.333. The van der Waals surface area contributed by atoms with Gasteiger partial charge in [-0.2, -0.15) is 0 Å². The highest BCUT2D eigenvalue weighted by Crippen LogP contribution is 2.06. The third kappa shape index (κ3) is 5.98. The molecule has 0 aliphatic carbocycles. The number of methoxy groups -OCH3 is 1. The highest BCUT2D eigenvalue weighted by Gasteiger charge is 2.00. The number of guanidine groups is 1. The van der Waals surface area contributed by atoms with Crippen LogP contribution in [0.2, 0.25) is 0 Å². The molecule has 0 aliphatic heterocycles. The summed E-state index contributed by atoms with van der Waals surface area (Å²) in [5.41, 5.74) is 2.44. The van der Waals surface area contributed by atoms with Gasteiger partial charge >= 0.3 is 0 Å². The number of hydrogen-bond donors (Lipinski definition) is 2. The molecule has 1 heterocycles. The molecule has 0 aliphatic rings. The van der Waals surface area contributed by atoms with E-state index < -0.39 is 0 Å². The minimum atomic E-state index is 0.622. The van der Waals surface area contributed by atoms with Gasteiger partial charge in [0.15, 0.2) is 5.96 Å². The molecule has 23 heavy (non-hydrogen) atoms. The maximum Gasteiger partial charge on any atom is 0.212 e. The first-order valence-corrected chi connectivity index (χ1v) is 7.79. The first kappa shape index (κ1) is 16.8. The summed E-state index contributed by atoms with van der Waals surface area (Å²) in [6, 6.07) is 14.3. The van der Waals surface area contributed by atoms with Gasteiger partial charge in [0, 0.05) is 32.4 Å². The number of rotatable bonds is 7. The molecular weight excluding hydrogens is 288 g/mol. The van der Waals surface area contributed by atoms with Gasteiger partial charge in [-0.1, -0.05) is 36.4 Å². The van der Waals surface area contributed by atoms with Crippen molar-refractivity contribution in [3.63, 3.8) is 0 Å². The second-order valence-electron chi connectivity index (χ2n) is 5.15. The third-order valence-corrected chi connectivity index (χ3v) is 3.47. The summed E-state index contributed by atoms with van der Waals surface area (Å²) in [7, 11) is 3.39. The molecule has 0 atom stereocenters. The summed E-state index contributed by atoms with van der Waals surface area (Å²) >= 11 is 0. The normalized spacial score (nSPS) is 11.1. The second-order valence-corrected chi connectivity index (χ2v) is 5.15. The molecule has 1 aromatic heterocycles. The summed E-state index contributed by atoms with van der Waals surface area (Å²) in [4.78, 5) is 8.42. The Morgan fingerprint density at radius 1 is 1.09 bits per heavy atom. The van der Waals surface area contributed by atoms with Gasteiger partial charge in [0.1, 0.15) is 0 Å². The Bertz CT molecular complexity index is 596. The van der Waals surface area contributed by atoms with Gasteiger partial charge in [0.25, 0.3) is 0 Å². The number of hydrogen-bond acceptors (Lipinski definition) is 3. The summed E-state index contributed by atoms with van der Waals surface area (Å²) < 4.78 is 5.05. The van der Waals surface area contributed by atoms with Crippen molar-refractivity contribution in [3.8, 4) is 5.88 Å². The summed E-state index contributed by atoms with van der Waals surface area (Å²) in [6.45, 7) is 1.56. The quantitative estimate of drug-likeness (QED) is 0.468. The van der Waals surface area contributed by atoms with Gasteiger partial charge in [0.05, 0.1) is 7.11 Å². The van der Waals surface area contributed by atoms with E-state index in [1.54, 1.807) is 20.4 Å². The number of aliphatic imine (C=N–C) groups is 1. The van der Waals surface area contributed by atoms with Crippen LogP contribution >= 0.6 is 0 Å². The van der Waals surface area contributed by atoms with Crippen LogP contribution in [0, 0.1) is 0 Å².